The number of aromatic nitrogens is 1. The van der Waals surface area contributed by atoms with E-state index in [9.17, 15) is 14.7 Å². The minimum absolute atomic E-state index is 0.293. The topological polar surface area (TPSA) is 87.0 Å². The number of fused-ring (bicyclic) bond motifs is 5. The molecule has 2 heterocycles. The Balaban J connectivity index is 1.88. The van der Waals surface area contributed by atoms with Crippen LogP contribution in [-0.2, 0) is 16.1 Å². The van der Waals surface area contributed by atoms with Gasteiger partial charge in [0.1, 0.15) is 6.61 Å². The number of aliphatic hydroxyl groups is 1. The van der Waals surface area contributed by atoms with E-state index < -0.39 is 12.6 Å². The Morgan fingerprint density at radius 3 is 2.39 bits per heavy atom. The van der Waals surface area contributed by atoms with E-state index >= 15 is 0 Å². The van der Waals surface area contributed by atoms with Gasteiger partial charge in [0.2, 0.25) is 0 Å². The molecule has 36 heavy (non-hydrogen) atoms. The van der Waals surface area contributed by atoms with E-state index in [4.69, 9.17) is 14.2 Å². The lowest BCUT2D eigenvalue weighted by atomic mass is 9.81. The van der Waals surface area contributed by atoms with Gasteiger partial charge in [0.15, 0.2) is 17.3 Å². The number of nitrogens with zero attached hydrogens (tertiary/aromatic N) is 1. The second-order valence-corrected chi connectivity index (χ2v) is 9.45. The van der Waals surface area contributed by atoms with Gasteiger partial charge in [-0.3, -0.25) is 4.79 Å². The predicted octanol–water partition coefficient (Wildman–Crippen LogP) is 5.12. The van der Waals surface area contributed by atoms with Crippen molar-refractivity contribution >= 4 is 28.7 Å². The summed E-state index contributed by atoms with van der Waals surface area (Å²) in [5.74, 6) is 0.797. The molecule has 2 aliphatic rings. The van der Waals surface area contributed by atoms with Crippen LogP contribution in [0.15, 0.2) is 35.9 Å². The summed E-state index contributed by atoms with van der Waals surface area (Å²) >= 11 is 0. The Hall–Kier alpha value is -3.58. The van der Waals surface area contributed by atoms with Crippen molar-refractivity contribution in [3.05, 3.63) is 52.6 Å². The molecule has 0 atom stereocenters. The van der Waals surface area contributed by atoms with E-state index in [1.54, 1.807) is 20.3 Å². The Kier molecular flexibility index (Phi) is 6.58. The molecule has 1 saturated carbocycles. The van der Waals surface area contributed by atoms with Crippen LogP contribution in [-0.4, -0.2) is 49.4 Å². The number of ketones is 1. The number of hydrogen-bond acceptors (Lipinski definition) is 6. The van der Waals surface area contributed by atoms with Gasteiger partial charge in [-0.15, -0.1) is 0 Å². The summed E-state index contributed by atoms with van der Waals surface area (Å²) in [6.45, 7) is -0.261. The van der Waals surface area contributed by atoms with Crippen molar-refractivity contribution in [2.75, 3.05) is 27.9 Å². The molecule has 1 aliphatic carbocycles. The van der Waals surface area contributed by atoms with E-state index in [1.807, 2.05) is 30.3 Å². The molecule has 0 spiro atoms. The summed E-state index contributed by atoms with van der Waals surface area (Å²) in [4.78, 5) is 25.2. The number of hydrogen-bond donors (Lipinski definition) is 1. The van der Waals surface area contributed by atoms with E-state index in [2.05, 4.69) is 4.57 Å². The minimum atomic E-state index is -0.554. The van der Waals surface area contributed by atoms with Crippen molar-refractivity contribution in [1.29, 1.82) is 0 Å². The van der Waals surface area contributed by atoms with Crippen molar-refractivity contribution < 1.29 is 28.9 Å². The number of esters is 1. The second-order valence-electron chi connectivity index (χ2n) is 9.45. The number of benzene rings is 2. The smallest absolute Gasteiger partial charge is 0.335 e. The molecule has 0 bridgehead atoms. The maximum absolute atomic E-state index is 12.8. The van der Waals surface area contributed by atoms with Gasteiger partial charge in [-0.25, -0.2) is 4.79 Å². The fourth-order valence-electron chi connectivity index (χ4n) is 5.78. The lowest BCUT2D eigenvalue weighted by Crippen LogP contribution is -2.12. The zero-order chi connectivity index (χ0) is 25.4. The standard InChI is InChI=1S/C29H31NO6/c1-34-25-13-19-11-20(29(33)36-3)15-30-23-12-18(24(32)16-31)9-10-21(23)27(17-7-5-4-6-8-17)28(30)22(19)14-26(25)35-2/h9-14,17,31H,4-8,15-16H2,1-3H3. The van der Waals surface area contributed by atoms with Crippen molar-refractivity contribution in [1.82, 2.24) is 4.57 Å². The van der Waals surface area contributed by atoms with Gasteiger partial charge in [0.05, 0.1) is 39.1 Å². The number of carbonyl (C=O) groups is 2. The summed E-state index contributed by atoms with van der Waals surface area (Å²) in [5, 5.41) is 10.6. The average Bonchev–Trinajstić information content (AvgIpc) is 3.14. The molecule has 0 saturated heterocycles. The van der Waals surface area contributed by atoms with Crippen LogP contribution in [0.1, 0.15) is 59.5 Å². The first kappa shape index (κ1) is 24.1. The quantitative estimate of drug-likeness (QED) is 0.382. The number of carbonyl (C=O) groups excluding carboxylic acids is 2. The Morgan fingerprint density at radius 2 is 1.72 bits per heavy atom. The summed E-state index contributed by atoms with van der Waals surface area (Å²) in [6, 6.07) is 9.49. The first-order valence-electron chi connectivity index (χ1n) is 12.4. The second kappa shape index (κ2) is 9.82. The third-order valence-corrected chi connectivity index (χ3v) is 7.50. The molecule has 7 heteroatoms. The maximum atomic E-state index is 12.8. The summed E-state index contributed by atoms with van der Waals surface area (Å²) < 4.78 is 18.5. The van der Waals surface area contributed by atoms with Crippen LogP contribution in [0.25, 0.3) is 28.2 Å². The van der Waals surface area contributed by atoms with Crippen LogP contribution in [0.3, 0.4) is 0 Å². The van der Waals surface area contributed by atoms with Crippen LogP contribution >= 0.6 is 0 Å². The van der Waals surface area contributed by atoms with Gasteiger partial charge in [-0.2, -0.15) is 0 Å². The molecule has 2 aromatic carbocycles. The van der Waals surface area contributed by atoms with Gasteiger partial charge >= 0.3 is 5.97 Å². The maximum Gasteiger partial charge on any atom is 0.335 e. The number of ether oxygens (including phenoxy) is 3. The Morgan fingerprint density at radius 1 is 1.00 bits per heavy atom. The highest BCUT2D eigenvalue weighted by Gasteiger charge is 2.31. The van der Waals surface area contributed by atoms with Gasteiger partial charge in [-0.1, -0.05) is 31.4 Å². The summed E-state index contributed by atoms with van der Waals surface area (Å²) in [5.41, 5.74) is 5.85. The van der Waals surface area contributed by atoms with Gasteiger partial charge in [0.25, 0.3) is 0 Å². The van der Waals surface area contributed by atoms with E-state index in [0.29, 0.717) is 35.1 Å². The van der Waals surface area contributed by atoms with Crippen molar-refractivity contribution in [3.63, 3.8) is 0 Å². The molecule has 1 fully saturated rings. The number of rotatable bonds is 6. The highest BCUT2D eigenvalue weighted by Crippen LogP contribution is 2.48. The van der Waals surface area contributed by atoms with Crippen LogP contribution in [0.5, 0.6) is 11.5 Å². The lowest BCUT2D eigenvalue weighted by Gasteiger charge is -2.24. The molecule has 0 amide bonds. The predicted molar refractivity (Wildman–Crippen MR) is 138 cm³/mol. The number of methoxy groups -OCH3 is 3. The molecule has 3 aromatic rings. The molecule has 5 rings (SSSR count). The average molecular weight is 490 g/mol. The van der Waals surface area contributed by atoms with Gasteiger partial charge < -0.3 is 23.9 Å². The zero-order valence-corrected chi connectivity index (χ0v) is 20.9. The number of aliphatic hydroxyl groups excluding tert-OH is 1. The monoisotopic (exact) mass is 489 g/mol. The molecule has 1 aliphatic heterocycles. The normalized spacial score (nSPS) is 15.5. The molecular weight excluding hydrogens is 458 g/mol. The largest absolute Gasteiger partial charge is 0.493 e. The molecule has 1 aromatic heterocycles. The Labute approximate surface area is 210 Å². The van der Waals surface area contributed by atoms with Crippen molar-refractivity contribution in [2.45, 2.75) is 44.6 Å². The highest BCUT2D eigenvalue weighted by molar-refractivity contribution is 6.04. The molecular formula is C29H31NO6. The minimum Gasteiger partial charge on any atom is -0.493 e. The number of Topliss-reactive ketones (excluding diaryl/α,β-unsaturated/α-hetero) is 1. The van der Waals surface area contributed by atoms with Crippen molar-refractivity contribution in [3.8, 4) is 22.8 Å². The Bertz CT molecular complexity index is 1380. The van der Waals surface area contributed by atoms with E-state index in [1.165, 1.54) is 31.9 Å². The molecule has 7 nitrogen and oxygen atoms in total. The lowest BCUT2D eigenvalue weighted by molar-refractivity contribution is -0.136. The van der Waals surface area contributed by atoms with Gasteiger partial charge in [-0.05, 0) is 54.2 Å². The third-order valence-electron chi connectivity index (χ3n) is 7.50. The van der Waals surface area contributed by atoms with Crippen LogP contribution in [0.4, 0.5) is 0 Å². The van der Waals surface area contributed by atoms with E-state index in [-0.39, 0.29) is 5.78 Å². The van der Waals surface area contributed by atoms with Gasteiger partial charge in [0, 0.05) is 22.0 Å². The zero-order valence-electron chi connectivity index (χ0n) is 20.9. The molecule has 0 radical (unpaired) electrons. The first-order valence-corrected chi connectivity index (χ1v) is 12.4. The van der Waals surface area contributed by atoms with Crippen LogP contribution in [0.2, 0.25) is 0 Å². The first-order chi connectivity index (χ1) is 17.5. The fraction of sp³-hybridized carbons (Fsp3) is 0.379. The third kappa shape index (κ3) is 3.97. The van der Waals surface area contributed by atoms with E-state index in [0.717, 1.165) is 40.6 Å². The highest BCUT2D eigenvalue weighted by atomic mass is 16.5. The summed E-state index contributed by atoms with van der Waals surface area (Å²) in [7, 11) is 4.58. The molecule has 0 unspecified atom stereocenters. The van der Waals surface area contributed by atoms with Crippen LogP contribution < -0.4 is 9.47 Å². The SMILES string of the molecule is COC(=O)C1=Cc2cc(OC)c(OC)cc2-c2c(C3CCCCC3)c3ccc(C(=O)CO)cc3n2C1. The van der Waals surface area contributed by atoms with Crippen LogP contribution in [0, 0.1) is 0 Å². The summed E-state index contributed by atoms with van der Waals surface area (Å²) in [6.07, 6.45) is 7.60. The molecule has 1 N–H and O–H groups in total. The molecule has 188 valence electrons. The fourth-order valence-corrected chi connectivity index (χ4v) is 5.78. The van der Waals surface area contributed by atoms with Crippen molar-refractivity contribution in [2.24, 2.45) is 0 Å².